The second kappa shape index (κ2) is 8.85. The first-order chi connectivity index (χ1) is 18.1. The summed E-state index contributed by atoms with van der Waals surface area (Å²) in [6, 6.07) is 18.5. The fourth-order valence-electron chi connectivity index (χ4n) is 6.29. The number of pyridine rings is 1. The van der Waals surface area contributed by atoms with Crippen molar-refractivity contribution in [3.8, 4) is 11.3 Å². The molecule has 2 nitrogen and oxygen atoms in total. The number of hydrogen-bond acceptors (Lipinski definition) is 1. The lowest BCUT2D eigenvalue weighted by atomic mass is 9.88. The third-order valence-electron chi connectivity index (χ3n) is 8.13. The van der Waals surface area contributed by atoms with Crippen molar-refractivity contribution in [2.45, 2.75) is 69.7 Å². The minimum absolute atomic E-state index is 0.397. The molecular formula is C35H35N2S+. The molecule has 0 saturated carbocycles. The van der Waals surface area contributed by atoms with E-state index in [1.807, 2.05) is 25.6 Å². The second-order valence-corrected chi connectivity index (χ2v) is 13.2. The van der Waals surface area contributed by atoms with Crippen molar-refractivity contribution < 1.29 is 4.57 Å². The highest BCUT2D eigenvalue weighted by atomic mass is 32.2. The average molecular weight is 516 g/mol. The summed E-state index contributed by atoms with van der Waals surface area (Å²) >= 11 is 1.93. The van der Waals surface area contributed by atoms with Crippen LogP contribution < -0.4 is 4.57 Å². The fraction of sp³-hybridized carbons (Fsp3) is 0.314. The van der Waals surface area contributed by atoms with Crippen molar-refractivity contribution in [2.75, 3.05) is 0 Å². The Kier molecular flexibility index (Phi) is 5.82. The SMILES string of the molecule is [C-]#[N+]C(C)(C)Cc1ccc2cc3c4c([n+](C)ccc4c2c1)-c1c(c(C)c2ccc(CC(C)C)cc2c1C)S3. The van der Waals surface area contributed by atoms with Crippen LogP contribution in [0.3, 0.4) is 0 Å². The Morgan fingerprint density at radius 1 is 0.895 bits per heavy atom. The quantitative estimate of drug-likeness (QED) is 0.129. The van der Waals surface area contributed by atoms with E-state index in [0.29, 0.717) is 5.92 Å². The van der Waals surface area contributed by atoms with Crippen LogP contribution in [0.5, 0.6) is 0 Å². The summed E-state index contributed by atoms with van der Waals surface area (Å²) < 4.78 is 2.32. The number of fused-ring (bicyclic) bond motifs is 5. The Labute approximate surface area is 230 Å². The van der Waals surface area contributed by atoms with Crippen molar-refractivity contribution in [2.24, 2.45) is 13.0 Å². The number of hydrogen-bond donors (Lipinski definition) is 0. The highest BCUT2D eigenvalue weighted by Crippen LogP contribution is 2.52. The van der Waals surface area contributed by atoms with Crippen LogP contribution in [0.2, 0.25) is 0 Å². The van der Waals surface area contributed by atoms with E-state index in [9.17, 15) is 0 Å². The molecule has 0 aliphatic carbocycles. The summed E-state index contributed by atoms with van der Waals surface area (Å²) in [5, 5.41) is 7.94. The molecule has 1 aromatic heterocycles. The van der Waals surface area contributed by atoms with Crippen molar-refractivity contribution in [3.05, 3.63) is 88.4 Å². The van der Waals surface area contributed by atoms with Crippen molar-refractivity contribution in [3.63, 3.8) is 0 Å². The van der Waals surface area contributed by atoms with E-state index in [-0.39, 0.29) is 0 Å². The fourth-order valence-corrected chi connectivity index (χ4v) is 7.62. The van der Waals surface area contributed by atoms with Gasteiger partial charge >= 0.3 is 0 Å². The Hall–Kier alpha value is -3.35. The van der Waals surface area contributed by atoms with E-state index in [4.69, 9.17) is 6.57 Å². The number of aromatic nitrogens is 1. The van der Waals surface area contributed by atoms with E-state index in [0.717, 1.165) is 12.8 Å². The Morgan fingerprint density at radius 3 is 2.37 bits per heavy atom. The van der Waals surface area contributed by atoms with Gasteiger partial charge in [-0.1, -0.05) is 62.0 Å². The second-order valence-electron chi connectivity index (χ2n) is 12.1. The van der Waals surface area contributed by atoms with Gasteiger partial charge in [0.1, 0.15) is 7.05 Å². The zero-order chi connectivity index (χ0) is 26.9. The van der Waals surface area contributed by atoms with E-state index < -0.39 is 5.54 Å². The molecule has 4 aromatic carbocycles. The van der Waals surface area contributed by atoms with E-state index in [1.165, 1.54) is 75.6 Å². The van der Waals surface area contributed by atoms with E-state index in [2.05, 4.69) is 98.9 Å². The lowest BCUT2D eigenvalue weighted by molar-refractivity contribution is -0.659. The van der Waals surface area contributed by atoms with Gasteiger partial charge in [0, 0.05) is 35.1 Å². The number of aryl methyl sites for hydroxylation is 3. The summed E-state index contributed by atoms with van der Waals surface area (Å²) in [5.74, 6) is 0.638. The first-order valence-electron chi connectivity index (χ1n) is 13.6. The van der Waals surface area contributed by atoms with Gasteiger partial charge in [-0.3, -0.25) is 0 Å². The highest BCUT2D eigenvalue weighted by Gasteiger charge is 2.32. The minimum atomic E-state index is -0.397. The van der Waals surface area contributed by atoms with Gasteiger partial charge in [-0.05, 0) is 76.1 Å². The molecule has 3 heteroatoms. The largest absolute Gasteiger partial charge is 0.311 e. The van der Waals surface area contributed by atoms with Gasteiger partial charge in [-0.15, -0.1) is 0 Å². The predicted octanol–water partition coefficient (Wildman–Crippen LogP) is 9.16. The zero-order valence-corrected chi connectivity index (χ0v) is 24.3. The number of benzene rings is 4. The lowest BCUT2D eigenvalue weighted by Crippen LogP contribution is -2.32. The van der Waals surface area contributed by atoms with Gasteiger partial charge in [0.25, 0.3) is 0 Å². The minimum Gasteiger partial charge on any atom is -0.311 e. The molecule has 0 bridgehead atoms. The van der Waals surface area contributed by atoms with Crippen LogP contribution >= 0.6 is 11.8 Å². The first kappa shape index (κ1) is 25.0. The molecule has 0 N–H and O–H groups in total. The van der Waals surface area contributed by atoms with Crippen LogP contribution in [0, 0.1) is 26.3 Å². The molecule has 0 amide bonds. The summed E-state index contributed by atoms with van der Waals surface area (Å²) in [7, 11) is 2.19. The Balaban J connectivity index is 1.66. The molecule has 190 valence electrons. The van der Waals surface area contributed by atoms with Gasteiger partial charge in [-0.25, -0.2) is 11.1 Å². The van der Waals surface area contributed by atoms with Crippen molar-refractivity contribution in [1.29, 1.82) is 0 Å². The number of nitrogens with zero attached hydrogens (tertiary/aromatic N) is 2. The summed E-state index contributed by atoms with van der Waals surface area (Å²) in [4.78, 5) is 6.57. The smallest absolute Gasteiger partial charge is 0.231 e. The van der Waals surface area contributed by atoms with Crippen molar-refractivity contribution in [1.82, 2.24) is 0 Å². The molecule has 5 aromatic rings. The van der Waals surface area contributed by atoms with Crippen LogP contribution in [-0.4, -0.2) is 5.54 Å². The van der Waals surface area contributed by atoms with Crippen LogP contribution in [0.4, 0.5) is 0 Å². The molecule has 1 aliphatic heterocycles. The zero-order valence-electron chi connectivity index (χ0n) is 23.5. The molecule has 0 fully saturated rings. The predicted molar refractivity (Wildman–Crippen MR) is 162 cm³/mol. The average Bonchev–Trinajstić information content (AvgIpc) is 2.88. The molecule has 0 unspecified atom stereocenters. The molecule has 0 radical (unpaired) electrons. The molecular weight excluding hydrogens is 480 g/mol. The van der Waals surface area contributed by atoms with Gasteiger partial charge < -0.3 is 4.85 Å². The summed E-state index contributed by atoms with van der Waals surface area (Å²) in [5.41, 5.74) is 7.70. The van der Waals surface area contributed by atoms with Gasteiger partial charge in [0.2, 0.25) is 11.2 Å². The standard InChI is InChI=1S/C35H35N2S/c1-20(2)15-23-10-12-26-22(4)34-31(21(3)28(26)16-23)33-32-27(13-14-37(33)8)29-17-24(19-35(5,6)36-7)9-11-25(29)18-30(32)38-34/h9-14,16-18,20H,15,19H2,1-6,8H3/q+1. The summed E-state index contributed by atoms with van der Waals surface area (Å²) in [6.07, 6.45) is 4.08. The molecule has 2 heterocycles. The van der Waals surface area contributed by atoms with E-state index >= 15 is 0 Å². The summed E-state index contributed by atoms with van der Waals surface area (Å²) in [6.45, 7) is 20.8. The van der Waals surface area contributed by atoms with Crippen LogP contribution in [0.1, 0.15) is 49.9 Å². The highest BCUT2D eigenvalue weighted by molar-refractivity contribution is 8.00. The first-order valence-corrected chi connectivity index (χ1v) is 14.4. The van der Waals surface area contributed by atoms with Crippen LogP contribution in [0.15, 0.2) is 64.5 Å². The maximum Gasteiger partial charge on any atom is 0.231 e. The molecule has 0 saturated heterocycles. The molecule has 0 spiro atoms. The number of rotatable bonds is 4. The van der Waals surface area contributed by atoms with Gasteiger partial charge in [0.05, 0.1) is 17.4 Å². The third-order valence-corrected chi connectivity index (χ3v) is 9.39. The Bertz CT molecular complexity index is 1840. The Morgan fingerprint density at radius 2 is 1.63 bits per heavy atom. The monoisotopic (exact) mass is 515 g/mol. The van der Waals surface area contributed by atoms with E-state index in [1.54, 1.807) is 0 Å². The van der Waals surface area contributed by atoms with Gasteiger partial charge in [0.15, 0.2) is 6.20 Å². The maximum absolute atomic E-state index is 7.59. The third kappa shape index (κ3) is 3.89. The lowest BCUT2D eigenvalue weighted by Gasteiger charge is -2.24. The molecule has 6 rings (SSSR count). The molecule has 0 atom stereocenters. The topological polar surface area (TPSA) is 8.24 Å². The van der Waals surface area contributed by atoms with Crippen LogP contribution in [0.25, 0.3) is 48.4 Å². The molecule has 1 aliphatic rings. The van der Waals surface area contributed by atoms with Crippen LogP contribution in [-0.2, 0) is 19.9 Å². The van der Waals surface area contributed by atoms with Gasteiger partial charge in [-0.2, -0.15) is 0 Å². The maximum atomic E-state index is 7.59. The van der Waals surface area contributed by atoms with Crippen molar-refractivity contribution >= 4 is 44.1 Å². The normalized spacial score (nSPS) is 12.9. The molecule has 38 heavy (non-hydrogen) atoms.